The summed E-state index contributed by atoms with van der Waals surface area (Å²) in [5.41, 5.74) is -0.440. The number of nitrogens with one attached hydrogen (secondary N) is 1. The maximum Gasteiger partial charge on any atom is 0.407 e. The second-order valence-corrected chi connectivity index (χ2v) is 7.83. The lowest BCUT2D eigenvalue weighted by molar-refractivity contribution is 0.0463. The number of carbonyl (C=O) groups is 1. The molecule has 0 aliphatic carbocycles. The Bertz CT molecular complexity index is 361. The van der Waals surface area contributed by atoms with Crippen molar-refractivity contribution >= 4 is 6.09 Å². The van der Waals surface area contributed by atoms with E-state index in [0.29, 0.717) is 11.8 Å². The van der Waals surface area contributed by atoms with Crippen LogP contribution in [0.4, 0.5) is 4.79 Å². The summed E-state index contributed by atoms with van der Waals surface area (Å²) in [5, 5.41) is 3.01. The molecule has 3 atom stereocenters. The van der Waals surface area contributed by atoms with E-state index in [1.165, 1.54) is 25.8 Å². The highest BCUT2D eigenvalue weighted by molar-refractivity contribution is 5.68. The number of hydrogen-bond donors (Lipinski definition) is 1. The smallest absolute Gasteiger partial charge is 0.407 e. The van der Waals surface area contributed by atoms with Crippen LogP contribution in [-0.2, 0) is 9.47 Å². The molecule has 5 nitrogen and oxygen atoms in total. The molecule has 0 spiro atoms. The zero-order chi connectivity index (χ0) is 16.2. The van der Waals surface area contributed by atoms with Crippen molar-refractivity contribution in [2.75, 3.05) is 32.8 Å². The van der Waals surface area contributed by atoms with Gasteiger partial charge in [0, 0.05) is 25.7 Å². The average Bonchev–Trinajstić information content (AvgIpc) is 2.89. The number of piperidine rings is 1. The van der Waals surface area contributed by atoms with Gasteiger partial charge in [-0.25, -0.2) is 4.79 Å². The topological polar surface area (TPSA) is 50.8 Å². The van der Waals surface area contributed by atoms with Gasteiger partial charge in [-0.15, -0.1) is 0 Å². The molecule has 2 rings (SSSR count). The summed E-state index contributed by atoms with van der Waals surface area (Å²) in [6.07, 6.45) is 3.27. The fraction of sp³-hybridized carbons (Fsp3) is 0.941. The first kappa shape index (κ1) is 17.5. The Morgan fingerprint density at radius 2 is 2.18 bits per heavy atom. The molecule has 0 aromatic carbocycles. The van der Waals surface area contributed by atoms with Crippen LogP contribution in [0.25, 0.3) is 0 Å². The van der Waals surface area contributed by atoms with Gasteiger partial charge in [0.25, 0.3) is 0 Å². The molecule has 2 aliphatic rings. The molecule has 5 heteroatoms. The van der Waals surface area contributed by atoms with Gasteiger partial charge in [0.05, 0.1) is 6.61 Å². The molecule has 1 N–H and O–H groups in total. The molecule has 1 amide bonds. The second kappa shape index (κ2) is 7.64. The van der Waals surface area contributed by atoms with Gasteiger partial charge in [0.1, 0.15) is 5.60 Å². The molecule has 22 heavy (non-hydrogen) atoms. The monoisotopic (exact) mass is 312 g/mol. The fourth-order valence-corrected chi connectivity index (χ4v) is 3.37. The number of rotatable bonds is 4. The number of ether oxygens (including phenoxy) is 2. The van der Waals surface area contributed by atoms with E-state index >= 15 is 0 Å². The molecule has 128 valence electrons. The molecule has 0 aromatic heterocycles. The Hall–Kier alpha value is -0.810. The predicted molar refractivity (Wildman–Crippen MR) is 86.9 cm³/mol. The van der Waals surface area contributed by atoms with Gasteiger partial charge < -0.3 is 19.7 Å². The Balaban J connectivity index is 1.76. The van der Waals surface area contributed by atoms with E-state index in [-0.39, 0.29) is 12.1 Å². The van der Waals surface area contributed by atoms with Crippen molar-refractivity contribution in [3.05, 3.63) is 0 Å². The van der Waals surface area contributed by atoms with Gasteiger partial charge >= 0.3 is 6.09 Å². The van der Waals surface area contributed by atoms with Crippen LogP contribution in [0, 0.1) is 11.8 Å². The van der Waals surface area contributed by atoms with Crippen LogP contribution in [-0.4, -0.2) is 55.5 Å². The highest BCUT2D eigenvalue weighted by atomic mass is 16.6. The number of nitrogens with zero attached hydrogens (tertiary/aromatic N) is 1. The minimum atomic E-state index is -0.440. The summed E-state index contributed by atoms with van der Waals surface area (Å²) >= 11 is 0. The molecule has 2 fully saturated rings. The van der Waals surface area contributed by atoms with Crippen LogP contribution in [0.1, 0.15) is 47.0 Å². The Morgan fingerprint density at radius 3 is 2.82 bits per heavy atom. The summed E-state index contributed by atoms with van der Waals surface area (Å²) in [4.78, 5) is 14.5. The van der Waals surface area contributed by atoms with Crippen LogP contribution >= 0.6 is 0 Å². The molecule has 0 aromatic rings. The van der Waals surface area contributed by atoms with Gasteiger partial charge in [0.2, 0.25) is 0 Å². The molecule has 2 heterocycles. The quantitative estimate of drug-likeness (QED) is 0.867. The lowest BCUT2D eigenvalue weighted by atomic mass is 9.91. The number of carbonyl (C=O) groups excluding carboxylic acids is 1. The van der Waals surface area contributed by atoms with Gasteiger partial charge in [0.15, 0.2) is 0 Å². The summed E-state index contributed by atoms with van der Waals surface area (Å²) in [6.45, 7) is 13.0. The molecular formula is C17H32N2O3. The van der Waals surface area contributed by atoms with E-state index in [4.69, 9.17) is 9.47 Å². The third kappa shape index (κ3) is 5.76. The molecule has 0 radical (unpaired) electrons. The zero-order valence-electron chi connectivity index (χ0n) is 14.6. The van der Waals surface area contributed by atoms with Gasteiger partial charge in [-0.3, -0.25) is 0 Å². The van der Waals surface area contributed by atoms with Crippen LogP contribution in [0.3, 0.4) is 0 Å². The molecule has 0 unspecified atom stereocenters. The fourth-order valence-electron chi connectivity index (χ4n) is 3.37. The first-order chi connectivity index (χ1) is 10.3. The number of hydrogen-bond acceptors (Lipinski definition) is 4. The van der Waals surface area contributed by atoms with Gasteiger partial charge in [-0.1, -0.05) is 0 Å². The van der Waals surface area contributed by atoms with Crippen LogP contribution in [0.2, 0.25) is 0 Å². The van der Waals surface area contributed by atoms with E-state index < -0.39 is 5.60 Å². The van der Waals surface area contributed by atoms with Crippen molar-refractivity contribution in [2.45, 2.75) is 58.6 Å². The lowest BCUT2D eigenvalue weighted by Gasteiger charge is -2.37. The highest BCUT2D eigenvalue weighted by Crippen LogP contribution is 2.23. The van der Waals surface area contributed by atoms with Crippen molar-refractivity contribution < 1.29 is 14.3 Å². The van der Waals surface area contributed by atoms with Gasteiger partial charge in [-0.05, 0) is 65.3 Å². The Kier molecular flexibility index (Phi) is 6.09. The van der Waals surface area contributed by atoms with E-state index in [2.05, 4.69) is 17.1 Å². The average molecular weight is 312 g/mol. The van der Waals surface area contributed by atoms with Crippen molar-refractivity contribution in [1.82, 2.24) is 10.2 Å². The van der Waals surface area contributed by atoms with Crippen LogP contribution < -0.4 is 5.32 Å². The summed E-state index contributed by atoms with van der Waals surface area (Å²) in [6, 6.07) is 0.150. The molecule has 2 aliphatic heterocycles. The van der Waals surface area contributed by atoms with Gasteiger partial charge in [-0.2, -0.15) is 0 Å². The van der Waals surface area contributed by atoms with Crippen LogP contribution in [0.5, 0.6) is 0 Å². The maximum atomic E-state index is 11.9. The third-order valence-electron chi connectivity index (χ3n) is 4.53. The molecule has 2 saturated heterocycles. The van der Waals surface area contributed by atoms with E-state index in [9.17, 15) is 4.79 Å². The van der Waals surface area contributed by atoms with Crippen molar-refractivity contribution in [3.8, 4) is 0 Å². The van der Waals surface area contributed by atoms with E-state index in [1.54, 1.807) is 0 Å². The largest absolute Gasteiger partial charge is 0.444 e. The normalized spacial score (nSPS) is 28.4. The van der Waals surface area contributed by atoms with Crippen molar-refractivity contribution in [3.63, 3.8) is 0 Å². The van der Waals surface area contributed by atoms with Crippen molar-refractivity contribution in [1.29, 1.82) is 0 Å². The maximum absolute atomic E-state index is 11.9. The highest BCUT2D eigenvalue weighted by Gasteiger charge is 2.29. The van der Waals surface area contributed by atoms with E-state index in [1.807, 2.05) is 20.8 Å². The minimum absolute atomic E-state index is 0.150. The predicted octanol–water partition coefficient (Wildman–Crippen LogP) is 2.65. The Labute approximate surface area is 134 Å². The number of amides is 1. The molecule has 0 bridgehead atoms. The molecular weight excluding hydrogens is 280 g/mol. The minimum Gasteiger partial charge on any atom is -0.444 e. The Morgan fingerprint density at radius 1 is 1.41 bits per heavy atom. The second-order valence-electron chi connectivity index (χ2n) is 7.83. The summed E-state index contributed by atoms with van der Waals surface area (Å²) in [5.74, 6) is 1.19. The number of alkyl carbamates (subject to hydrolysis) is 1. The van der Waals surface area contributed by atoms with E-state index in [0.717, 1.165) is 26.3 Å². The number of likely N-dealkylation sites (tertiary alicyclic amines) is 1. The first-order valence-electron chi connectivity index (χ1n) is 8.63. The summed E-state index contributed by atoms with van der Waals surface area (Å²) < 4.78 is 10.8. The van der Waals surface area contributed by atoms with Crippen LogP contribution in [0.15, 0.2) is 0 Å². The van der Waals surface area contributed by atoms with Crippen molar-refractivity contribution in [2.24, 2.45) is 11.8 Å². The zero-order valence-corrected chi connectivity index (χ0v) is 14.6. The lowest BCUT2D eigenvalue weighted by Crippen LogP contribution is -2.48. The summed E-state index contributed by atoms with van der Waals surface area (Å²) in [7, 11) is 0. The standard InChI is InChI=1S/C17H32N2O3/c1-13(18-16(20)22-17(2,3)4)15-6-5-8-19(11-15)10-14-7-9-21-12-14/h13-15H,5-12H2,1-4H3,(H,18,20)/t13-,14+,15-/m0/s1. The SMILES string of the molecule is C[C@H](NC(=O)OC(C)(C)C)[C@H]1CCCN(C[C@H]2CCOC2)C1. The third-order valence-corrected chi connectivity index (χ3v) is 4.53. The first-order valence-corrected chi connectivity index (χ1v) is 8.63. The molecule has 0 saturated carbocycles.